The Morgan fingerprint density at radius 2 is 0.833 bits per heavy atom. The van der Waals surface area contributed by atoms with Gasteiger partial charge in [-0.15, -0.1) is 0 Å². The van der Waals surface area contributed by atoms with E-state index in [4.69, 9.17) is 0 Å². The lowest BCUT2D eigenvalue weighted by Gasteiger charge is -2.29. The van der Waals surface area contributed by atoms with Gasteiger partial charge in [-0.3, -0.25) is 28.8 Å². The lowest BCUT2D eigenvalue weighted by molar-refractivity contribution is -0.137. The standard InChI is InChI=1S/C22H10N2O6/c25-15-5-6-16(26)23(15)19-20(24-17(27)7-8-18(24)28)22(30)14-10-12-4-2-1-3-11(12)9-13(14)21(19)29/h1-10H. The fourth-order valence-corrected chi connectivity index (χ4v) is 3.74. The third-order valence-corrected chi connectivity index (χ3v) is 5.10. The van der Waals surface area contributed by atoms with E-state index in [9.17, 15) is 28.8 Å². The summed E-state index contributed by atoms with van der Waals surface area (Å²) in [6.07, 6.45) is 3.80. The van der Waals surface area contributed by atoms with E-state index >= 15 is 0 Å². The molecule has 0 bridgehead atoms. The number of imide groups is 2. The zero-order valence-electron chi connectivity index (χ0n) is 15.1. The molecule has 2 aromatic carbocycles. The summed E-state index contributed by atoms with van der Waals surface area (Å²) in [5.74, 6) is -4.98. The van der Waals surface area contributed by atoms with Crippen molar-refractivity contribution in [1.82, 2.24) is 9.80 Å². The molecule has 0 unspecified atom stereocenters. The molecular weight excluding hydrogens is 388 g/mol. The minimum absolute atomic E-state index is 0.0167. The van der Waals surface area contributed by atoms with Gasteiger partial charge in [0.15, 0.2) is 0 Å². The molecule has 30 heavy (non-hydrogen) atoms. The molecule has 0 fully saturated rings. The predicted molar refractivity (Wildman–Crippen MR) is 102 cm³/mol. The summed E-state index contributed by atoms with van der Waals surface area (Å²) in [6, 6.07) is 10.0. The van der Waals surface area contributed by atoms with Crippen molar-refractivity contribution >= 4 is 46.0 Å². The molecule has 3 aliphatic rings. The van der Waals surface area contributed by atoms with Crippen LogP contribution in [0.2, 0.25) is 0 Å². The molecule has 0 saturated carbocycles. The maximum Gasteiger partial charge on any atom is 0.258 e. The molecule has 0 radical (unpaired) electrons. The van der Waals surface area contributed by atoms with Crippen molar-refractivity contribution in [2.45, 2.75) is 0 Å². The first-order chi connectivity index (χ1) is 14.4. The molecule has 2 aliphatic heterocycles. The highest BCUT2D eigenvalue weighted by molar-refractivity contribution is 6.33. The normalized spacial score (nSPS) is 18.5. The quantitative estimate of drug-likeness (QED) is 0.705. The molecule has 144 valence electrons. The van der Waals surface area contributed by atoms with Crippen LogP contribution in [-0.4, -0.2) is 45.0 Å². The fourth-order valence-electron chi connectivity index (χ4n) is 3.74. The highest BCUT2D eigenvalue weighted by Gasteiger charge is 2.45. The van der Waals surface area contributed by atoms with Crippen LogP contribution in [0.3, 0.4) is 0 Å². The lowest BCUT2D eigenvalue weighted by Crippen LogP contribution is -2.44. The summed E-state index contributed by atoms with van der Waals surface area (Å²) >= 11 is 0. The average Bonchev–Trinajstić information content (AvgIpc) is 3.24. The van der Waals surface area contributed by atoms with Crippen LogP contribution in [0, 0.1) is 0 Å². The Morgan fingerprint density at radius 3 is 1.17 bits per heavy atom. The van der Waals surface area contributed by atoms with Crippen molar-refractivity contribution < 1.29 is 28.8 Å². The third-order valence-electron chi connectivity index (χ3n) is 5.10. The van der Waals surface area contributed by atoms with Gasteiger partial charge in [0.05, 0.1) is 0 Å². The second kappa shape index (κ2) is 6.02. The molecule has 8 nitrogen and oxygen atoms in total. The largest absolute Gasteiger partial charge is 0.287 e. The number of hydrogen-bond donors (Lipinski definition) is 0. The van der Waals surface area contributed by atoms with E-state index in [1.807, 2.05) is 0 Å². The second-order valence-electron chi connectivity index (χ2n) is 6.79. The number of amides is 4. The van der Waals surface area contributed by atoms with Gasteiger partial charge in [0.25, 0.3) is 23.6 Å². The number of benzene rings is 2. The molecule has 0 N–H and O–H groups in total. The first-order valence-electron chi connectivity index (χ1n) is 8.87. The number of rotatable bonds is 2. The highest BCUT2D eigenvalue weighted by atomic mass is 16.2. The van der Waals surface area contributed by atoms with Crippen LogP contribution in [0.4, 0.5) is 0 Å². The van der Waals surface area contributed by atoms with Crippen LogP contribution in [0.1, 0.15) is 20.7 Å². The van der Waals surface area contributed by atoms with Gasteiger partial charge in [-0.1, -0.05) is 24.3 Å². The zero-order chi connectivity index (χ0) is 21.2. The van der Waals surface area contributed by atoms with Gasteiger partial charge in [0.2, 0.25) is 11.6 Å². The van der Waals surface area contributed by atoms with Crippen molar-refractivity contribution in [1.29, 1.82) is 0 Å². The molecular formula is C22H10N2O6. The Hall–Kier alpha value is -4.46. The summed E-state index contributed by atoms with van der Waals surface area (Å²) in [5.41, 5.74) is -1.24. The monoisotopic (exact) mass is 398 g/mol. The van der Waals surface area contributed by atoms with Gasteiger partial charge in [0, 0.05) is 35.4 Å². The van der Waals surface area contributed by atoms with Gasteiger partial charge in [-0.2, -0.15) is 0 Å². The van der Waals surface area contributed by atoms with Crippen LogP contribution in [0.5, 0.6) is 0 Å². The Balaban J connectivity index is 1.81. The van der Waals surface area contributed by atoms with Gasteiger partial charge in [-0.05, 0) is 22.9 Å². The van der Waals surface area contributed by atoms with Crippen LogP contribution >= 0.6 is 0 Å². The van der Waals surface area contributed by atoms with E-state index in [1.54, 1.807) is 24.3 Å². The van der Waals surface area contributed by atoms with Gasteiger partial charge in [-0.25, -0.2) is 9.80 Å². The smallest absolute Gasteiger partial charge is 0.258 e. The van der Waals surface area contributed by atoms with Crippen molar-refractivity contribution in [3.63, 3.8) is 0 Å². The first kappa shape index (κ1) is 17.6. The molecule has 5 rings (SSSR count). The van der Waals surface area contributed by atoms with E-state index in [2.05, 4.69) is 0 Å². The summed E-state index contributed by atoms with van der Waals surface area (Å²) in [6.45, 7) is 0. The highest BCUT2D eigenvalue weighted by Crippen LogP contribution is 2.35. The number of carbonyl (C=O) groups is 6. The first-order valence-corrected chi connectivity index (χ1v) is 8.87. The van der Waals surface area contributed by atoms with E-state index in [-0.39, 0.29) is 11.1 Å². The Morgan fingerprint density at radius 1 is 0.500 bits per heavy atom. The Labute approximate surface area is 168 Å². The van der Waals surface area contributed by atoms with Crippen LogP contribution in [0.15, 0.2) is 72.1 Å². The van der Waals surface area contributed by atoms with Crippen molar-refractivity contribution in [2.24, 2.45) is 0 Å². The Bertz CT molecular complexity index is 1220. The molecule has 4 amide bonds. The number of carbonyl (C=O) groups excluding carboxylic acids is 6. The van der Waals surface area contributed by atoms with Gasteiger partial charge < -0.3 is 0 Å². The molecule has 2 aromatic rings. The third kappa shape index (κ3) is 2.27. The van der Waals surface area contributed by atoms with Crippen molar-refractivity contribution in [3.8, 4) is 0 Å². The van der Waals surface area contributed by atoms with E-state index in [0.717, 1.165) is 24.3 Å². The SMILES string of the molecule is O=C1C(N2C(=O)C=CC2=O)=C(N2C(=O)C=CC2=O)C(=O)c2cc3ccccc3cc21. The zero-order valence-corrected chi connectivity index (χ0v) is 15.1. The van der Waals surface area contributed by atoms with Gasteiger partial charge in [0.1, 0.15) is 11.4 Å². The van der Waals surface area contributed by atoms with E-state index in [1.165, 1.54) is 12.1 Å². The average molecular weight is 398 g/mol. The summed E-state index contributed by atoms with van der Waals surface area (Å²) < 4.78 is 0. The maximum absolute atomic E-state index is 13.4. The number of Topliss-reactive ketones (excluding diaryl/α,β-unsaturated/α-hetero) is 2. The fraction of sp³-hybridized carbons (Fsp3) is 0. The van der Waals surface area contributed by atoms with Crippen LogP contribution in [-0.2, 0) is 19.2 Å². The minimum Gasteiger partial charge on any atom is -0.287 e. The molecule has 0 atom stereocenters. The van der Waals surface area contributed by atoms with Crippen molar-refractivity contribution in [2.75, 3.05) is 0 Å². The molecule has 2 heterocycles. The molecule has 8 heteroatoms. The second-order valence-corrected chi connectivity index (χ2v) is 6.79. The summed E-state index contributed by atoms with van der Waals surface area (Å²) in [7, 11) is 0. The molecule has 0 spiro atoms. The summed E-state index contributed by atoms with van der Waals surface area (Å²) in [5, 5.41) is 1.35. The Kier molecular flexibility index (Phi) is 3.54. The number of ketones is 2. The maximum atomic E-state index is 13.4. The predicted octanol–water partition coefficient (Wildman–Crippen LogP) is 1.28. The topological polar surface area (TPSA) is 109 Å². The van der Waals surface area contributed by atoms with Gasteiger partial charge >= 0.3 is 0 Å². The summed E-state index contributed by atoms with van der Waals surface area (Å²) in [4.78, 5) is 77.1. The molecule has 1 aliphatic carbocycles. The molecule has 0 aromatic heterocycles. The number of fused-ring (bicyclic) bond motifs is 2. The van der Waals surface area contributed by atoms with E-state index < -0.39 is 46.6 Å². The van der Waals surface area contributed by atoms with Crippen molar-refractivity contribution in [3.05, 3.63) is 83.2 Å². The number of allylic oxidation sites excluding steroid dienone is 2. The van der Waals surface area contributed by atoms with Crippen LogP contribution < -0.4 is 0 Å². The number of hydrogen-bond acceptors (Lipinski definition) is 6. The number of nitrogens with zero attached hydrogens (tertiary/aromatic N) is 2. The van der Waals surface area contributed by atoms with Crippen LogP contribution in [0.25, 0.3) is 10.8 Å². The lowest BCUT2D eigenvalue weighted by atomic mass is 9.87. The molecule has 0 saturated heterocycles. The van der Waals surface area contributed by atoms with E-state index in [0.29, 0.717) is 20.6 Å². The minimum atomic E-state index is -0.843.